The van der Waals surface area contributed by atoms with Crippen LogP contribution in [0.15, 0.2) is 205 Å². The zero-order valence-corrected chi connectivity index (χ0v) is 35.8. The maximum atomic E-state index is 2.57. The number of benzene rings is 5. The molecule has 0 aromatic heterocycles. The van der Waals surface area contributed by atoms with E-state index in [1.165, 1.54) is 87.4 Å². The first-order valence-electron chi connectivity index (χ1n) is 19.8. The largest absolute Gasteiger partial charge is 0.214 e. The second kappa shape index (κ2) is 20.3. The van der Waals surface area contributed by atoms with Crippen LogP contribution in [0.4, 0.5) is 0 Å². The Bertz CT molecular complexity index is 2040. The average Bonchev–Trinajstić information content (AvgIpc) is 3.96. The molecule has 0 saturated heterocycles. The summed E-state index contributed by atoms with van der Waals surface area (Å²) in [5, 5.41) is 0. The summed E-state index contributed by atoms with van der Waals surface area (Å²) in [6.07, 6.45) is 15.3. The Balaban J connectivity index is 0.000000167. The Morgan fingerprint density at radius 2 is 1.07 bits per heavy atom. The topological polar surface area (TPSA) is 0 Å². The van der Waals surface area contributed by atoms with E-state index < -0.39 is 0 Å². The molecule has 10 rings (SSSR count). The van der Waals surface area contributed by atoms with Crippen molar-refractivity contribution < 1.29 is 49.0 Å². The van der Waals surface area contributed by atoms with Crippen LogP contribution >= 0.6 is 0 Å². The van der Waals surface area contributed by atoms with Crippen LogP contribution in [-0.2, 0) is 30.7 Å². The van der Waals surface area contributed by atoms with Crippen LogP contribution in [0.2, 0.25) is 0 Å². The van der Waals surface area contributed by atoms with Crippen molar-refractivity contribution in [3.8, 4) is 0 Å². The fraction of sp³-hybridized carbons (Fsp3) is 0.189. The fourth-order valence-corrected chi connectivity index (χ4v) is 10.9. The monoisotopic (exact) mass is 844 g/mol. The molecule has 0 nitrogen and oxygen atoms in total. The summed E-state index contributed by atoms with van der Waals surface area (Å²) in [6.45, 7) is 0. The van der Waals surface area contributed by atoms with E-state index in [2.05, 4.69) is 164 Å². The van der Waals surface area contributed by atoms with Gasteiger partial charge in [-0.25, -0.2) is 24.1 Å². The van der Waals surface area contributed by atoms with Gasteiger partial charge in [0.1, 0.15) is 0 Å². The van der Waals surface area contributed by atoms with Crippen molar-refractivity contribution in [2.75, 3.05) is 0 Å². The molecular weight excluding hydrogens is 799 g/mol. The number of hydrogen-bond donors (Lipinski definition) is 0. The summed E-state index contributed by atoms with van der Waals surface area (Å²) in [6, 6.07) is 62.7. The van der Waals surface area contributed by atoms with E-state index >= 15 is 0 Å². The van der Waals surface area contributed by atoms with Gasteiger partial charge in [-0.3, -0.25) is 0 Å². The maximum absolute atomic E-state index is 2.57. The Morgan fingerprint density at radius 3 is 1.57 bits per heavy atom. The predicted octanol–water partition coefficient (Wildman–Crippen LogP) is 7.06. The van der Waals surface area contributed by atoms with Crippen molar-refractivity contribution in [3.05, 3.63) is 245 Å². The fourth-order valence-electron chi connectivity index (χ4n) is 9.23. The van der Waals surface area contributed by atoms with Crippen molar-refractivity contribution in [1.82, 2.24) is 0 Å². The Kier molecular flexibility index (Phi) is 15.1. The van der Waals surface area contributed by atoms with Crippen molar-refractivity contribution in [3.63, 3.8) is 0 Å². The van der Waals surface area contributed by atoms with Gasteiger partial charge in [0.2, 0.25) is 0 Å². The van der Waals surface area contributed by atoms with Crippen molar-refractivity contribution in [2.45, 2.75) is 50.4 Å². The molecule has 56 heavy (non-hydrogen) atoms. The molecule has 1 saturated carbocycles. The predicted molar refractivity (Wildman–Crippen MR) is 224 cm³/mol. The standard InChI is InChI=1S/C27H22.C21H21.C5H5.2ClH.Zr/c1-5-13-22(14-6-1)26(23-15-7-2-8-16-23)21-27(24-17-9-3-10-18-24)25-19-11-4-12-20-25;1-2-8-15-14(7-1)13-20-18-11-4-3-9-16(18)17-10-5-6-12-19(17)21(15)20;1-2-4-5-3-1;;;/h1-20,26-27H;1-2,6-8,11-12,16-17H,3-5,9-10,13H2;1-5H;2*1H;/q;2*-1;;;+2/p-2. The van der Waals surface area contributed by atoms with Crippen LogP contribution in [0.25, 0.3) is 5.57 Å². The van der Waals surface area contributed by atoms with Gasteiger partial charge in [0.05, 0.1) is 0 Å². The Hall–Kier alpha value is -4.13. The quantitative estimate of drug-likeness (QED) is 0.158. The second-order valence-corrected chi connectivity index (χ2v) is 16.3. The van der Waals surface area contributed by atoms with Crippen LogP contribution in [0.5, 0.6) is 0 Å². The molecule has 0 aliphatic heterocycles. The van der Waals surface area contributed by atoms with Crippen LogP contribution in [0.3, 0.4) is 0 Å². The van der Waals surface area contributed by atoms with Crippen molar-refractivity contribution in [2.24, 2.45) is 11.8 Å². The molecule has 0 spiro atoms. The zero-order valence-electron chi connectivity index (χ0n) is 31.8. The van der Waals surface area contributed by atoms with Gasteiger partial charge in [-0.05, 0) is 36.7 Å². The Morgan fingerprint density at radius 1 is 0.571 bits per heavy atom. The number of hydrogen-bond acceptors (Lipinski definition) is 0. The first-order valence-corrected chi connectivity index (χ1v) is 21.0. The van der Waals surface area contributed by atoms with Crippen LogP contribution < -0.4 is 24.8 Å². The van der Waals surface area contributed by atoms with Gasteiger partial charge in [-0.2, -0.15) is 23.8 Å². The number of rotatable bonds is 6. The first-order chi connectivity index (χ1) is 26.8. The third-order valence-corrected chi connectivity index (χ3v) is 13.0. The van der Waals surface area contributed by atoms with Crippen LogP contribution in [0.1, 0.15) is 77.3 Å². The number of allylic oxidation sites excluding steroid dienone is 6. The molecule has 0 amide bonds. The van der Waals surface area contributed by atoms with Crippen LogP contribution in [0, 0.1) is 18.3 Å². The molecule has 3 heteroatoms. The van der Waals surface area contributed by atoms with E-state index in [-0.39, 0.29) is 36.6 Å². The third kappa shape index (κ3) is 9.19. The number of fused-ring (bicyclic) bond motifs is 6. The molecule has 0 N–H and O–H groups in total. The summed E-state index contributed by atoms with van der Waals surface area (Å²) in [7, 11) is 0. The molecule has 4 aliphatic carbocycles. The zero-order chi connectivity index (χ0) is 36.5. The third-order valence-electron chi connectivity index (χ3n) is 11.6. The molecule has 0 bridgehead atoms. The van der Waals surface area contributed by atoms with Gasteiger partial charge in [-0.15, -0.1) is 6.42 Å². The molecule has 6 aromatic carbocycles. The van der Waals surface area contributed by atoms with Gasteiger partial charge in [0.25, 0.3) is 0 Å². The van der Waals surface area contributed by atoms with Gasteiger partial charge in [-0.1, -0.05) is 66.0 Å². The molecule has 2 atom stereocenters. The van der Waals surface area contributed by atoms with Crippen LogP contribution in [-0.4, -0.2) is 3.21 Å². The molecule has 4 aliphatic rings. The smallest absolute Gasteiger partial charge is 0.172 e. The summed E-state index contributed by atoms with van der Waals surface area (Å²) >= 11 is 1.47. The minimum absolute atomic E-state index is 0. The minimum Gasteiger partial charge on any atom is -0.214 e. The van der Waals surface area contributed by atoms with E-state index in [0.717, 1.165) is 18.3 Å². The van der Waals surface area contributed by atoms with E-state index in [1.54, 1.807) is 27.9 Å². The SMILES string of the molecule is C1=CC2=C3C(=C4[CH-]CCCC4C2CC1)Cc1ccccc13.[Cl-].[Cl-].[Zr+2]=[C](C(c1ccccc1)c1ccccc1)C(c1ccccc1)c1ccccc1.c1cc[cH-]c1. The Labute approximate surface area is 362 Å². The van der Waals surface area contributed by atoms with Crippen molar-refractivity contribution in [1.29, 1.82) is 0 Å². The van der Waals surface area contributed by atoms with Gasteiger partial charge in [0, 0.05) is 0 Å². The number of halogens is 2. The minimum atomic E-state index is 0. The van der Waals surface area contributed by atoms with E-state index in [9.17, 15) is 0 Å². The summed E-state index contributed by atoms with van der Waals surface area (Å²) in [5.41, 5.74) is 15.1. The molecule has 0 heterocycles. The van der Waals surface area contributed by atoms with E-state index in [1.807, 2.05) is 30.3 Å². The second-order valence-electron chi connectivity index (χ2n) is 14.9. The van der Waals surface area contributed by atoms with Crippen molar-refractivity contribution >= 4 is 8.78 Å². The first kappa shape index (κ1) is 41.5. The summed E-state index contributed by atoms with van der Waals surface area (Å²) in [4.78, 5) is 0. The molecule has 0 radical (unpaired) electrons. The molecular formula is C53H48Cl2Zr-2. The molecule has 1 fully saturated rings. The van der Waals surface area contributed by atoms with Gasteiger partial charge < -0.3 is 24.8 Å². The average molecular weight is 847 g/mol. The summed E-state index contributed by atoms with van der Waals surface area (Å²) in [5.74, 6) is 2.16. The molecule has 2 unspecified atom stereocenters. The molecule has 280 valence electrons. The van der Waals surface area contributed by atoms with E-state index in [4.69, 9.17) is 0 Å². The van der Waals surface area contributed by atoms with Gasteiger partial charge in [0.15, 0.2) is 0 Å². The summed E-state index contributed by atoms with van der Waals surface area (Å²) < 4.78 is 1.53. The van der Waals surface area contributed by atoms with Gasteiger partial charge >= 0.3 is 183 Å². The maximum Gasteiger partial charge on any atom is -0.172 e. The molecule has 6 aromatic rings. The van der Waals surface area contributed by atoms with E-state index in [0.29, 0.717) is 0 Å². The normalized spacial score (nSPS) is 17.3.